The van der Waals surface area contributed by atoms with Gasteiger partial charge in [0.15, 0.2) is 11.5 Å². The SMILES string of the molecule is CN(Cc1ccccc1O)C(=O)Nc1cc2c(cc1Cl)OCCCO2. The molecular weight excluding hydrogens is 344 g/mol. The third-order valence-electron chi connectivity index (χ3n) is 3.82. The monoisotopic (exact) mass is 362 g/mol. The smallest absolute Gasteiger partial charge is 0.321 e. The molecule has 0 saturated carbocycles. The molecular formula is C18H19ClN2O4. The molecule has 2 amide bonds. The van der Waals surface area contributed by atoms with E-state index in [9.17, 15) is 9.90 Å². The van der Waals surface area contributed by atoms with Gasteiger partial charge in [0.05, 0.1) is 30.5 Å². The lowest BCUT2D eigenvalue weighted by Crippen LogP contribution is -2.31. The summed E-state index contributed by atoms with van der Waals surface area (Å²) in [7, 11) is 1.64. The lowest BCUT2D eigenvalue weighted by Gasteiger charge is -2.20. The number of fused-ring (bicyclic) bond motifs is 1. The summed E-state index contributed by atoms with van der Waals surface area (Å²) in [5.41, 5.74) is 1.10. The van der Waals surface area contributed by atoms with E-state index in [2.05, 4.69) is 5.32 Å². The molecule has 0 unspecified atom stereocenters. The number of para-hydroxylation sites is 1. The van der Waals surface area contributed by atoms with Crippen molar-refractivity contribution in [3.63, 3.8) is 0 Å². The maximum Gasteiger partial charge on any atom is 0.321 e. The molecule has 7 heteroatoms. The number of hydrogen-bond acceptors (Lipinski definition) is 4. The van der Waals surface area contributed by atoms with Crippen molar-refractivity contribution in [2.45, 2.75) is 13.0 Å². The molecule has 0 aliphatic carbocycles. The predicted molar refractivity (Wildman–Crippen MR) is 95.7 cm³/mol. The number of aromatic hydroxyl groups is 1. The van der Waals surface area contributed by atoms with Gasteiger partial charge >= 0.3 is 6.03 Å². The van der Waals surface area contributed by atoms with E-state index in [1.54, 1.807) is 37.4 Å². The molecule has 0 radical (unpaired) electrons. The van der Waals surface area contributed by atoms with Crippen LogP contribution in [0, 0.1) is 0 Å². The molecule has 0 saturated heterocycles. The maximum absolute atomic E-state index is 12.4. The van der Waals surface area contributed by atoms with Gasteiger partial charge in [0.2, 0.25) is 0 Å². The van der Waals surface area contributed by atoms with Gasteiger partial charge in [0.1, 0.15) is 5.75 Å². The number of rotatable bonds is 3. The van der Waals surface area contributed by atoms with E-state index in [1.165, 1.54) is 4.90 Å². The Morgan fingerprint density at radius 2 is 1.92 bits per heavy atom. The van der Waals surface area contributed by atoms with Crippen LogP contribution in [0.15, 0.2) is 36.4 Å². The minimum absolute atomic E-state index is 0.149. The summed E-state index contributed by atoms with van der Waals surface area (Å²) in [4.78, 5) is 13.9. The number of anilines is 1. The van der Waals surface area contributed by atoms with Gasteiger partial charge in [-0.2, -0.15) is 0 Å². The van der Waals surface area contributed by atoms with Crippen LogP contribution in [0.1, 0.15) is 12.0 Å². The second-order valence-corrected chi connectivity index (χ2v) is 6.15. The van der Waals surface area contributed by atoms with Crippen molar-refractivity contribution in [3.8, 4) is 17.2 Å². The van der Waals surface area contributed by atoms with Crippen LogP contribution in [0.5, 0.6) is 17.2 Å². The highest BCUT2D eigenvalue weighted by Crippen LogP contribution is 2.37. The van der Waals surface area contributed by atoms with E-state index in [1.807, 2.05) is 6.07 Å². The van der Waals surface area contributed by atoms with Crippen LogP contribution in [0.25, 0.3) is 0 Å². The molecule has 1 aliphatic rings. The number of nitrogens with one attached hydrogen (secondary N) is 1. The van der Waals surface area contributed by atoms with Crippen molar-refractivity contribution in [3.05, 3.63) is 47.0 Å². The van der Waals surface area contributed by atoms with Gasteiger partial charge in [-0.1, -0.05) is 29.8 Å². The van der Waals surface area contributed by atoms with Gasteiger partial charge in [0, 0.05) is 31.2 Å². The average molecular weight is 363 g/mol. The van der Waals surface area contributed by atoms with Gasteiger partial charge in [0.25, 0.3) is 0 Å². The quantitative estimate of drug-likeness (QED) is 0.869. The molecule has 25 heavy (non-hydrogen) atoms. The Labute approximate surface area is 150 Å². The zero-order valence-corrected chi connectivity index (χ0v) is 14.5. The molecule has 132 valence electrons. The van der Waals surface area contributed by atoms with Crippen molar-refractivity contribution < 1.29 is 19.4 Å². The maximum atomic E-state index is 12.4. The number of urea groups is 1. The summed E-state index contributed by atoms with van der Waals surface area (Å²) in [6.07, 6.45) is 0.789. The minimum Gasteiger partial charge on any atom is -0.508 e. The van der Waals surface area contributed by atoms with Crippen LogP contribution in [-0.4, -0.2) is 36.3 Å². The van der Waals surface area contributed by atoms with Crippen LogP contribution < -0.4 is 14.8 Å². The van der Waals surface area contributed by atoms with E-state index < -0.39 is 0 Å². The Bertz CT molecular complexity index is 782. The summed E-state index contributed by atoms with van der Waals surface area (Å²) < 4.78 is 11.2. The molecule has 0 fully saturated rings. The number of phenols is 1. The lowest BCUT2D eigenvalue weighted by molar-refractivity contribution is 0.220. The first-order chi connectivity index (χ1) is 12.0. The Morgan fingerprint density at radius 1 is 1.24 bits per heavy atom. The molecule has 1 aliphatic heterocycles. The largest absolute Gasteiger partial charge is 0.508 e. The Morgan fingerprint density at radius 3 is 2.64 bits per heavy atom. The van der Waals surface area contributed by atoms with Crippen molar-refractivity contribution in [2.75, 3.05) is 25.6 Å². The molecule has 0 bridgehead atoms. The highest BCUT2D eigenvalue weighted by atomic mass is 35.5. The molecule has 0 spiro atoms. The molecule has 6 nitrogen and oxygen atoms in total. The third kappa shape index (κ3) is 4.09. The topological polar surface area (TPSA) is 71.0 Å². The van der Waals surface area contributed by atoms with Gasteiger partial charge in [-0.25, -0.2) is 4.79 Å². The Kier molecular flexibility index (Phi) is 5.19. The number of hydrogen-bond donors (Lipinski definition) is 2. The van der Waals surface area contributed by atoms with Crippen molar-refractivity contribution in [1.82, 2.24) is 4.90 Å². The molecule has 0 aromatic heterocycles. The molecule has 3 rings (SSSR count). The van der Waals surface area contributed by atoms with Gasteiger partial charge in [-0.05, 0) is 6.07 Å². The number of amides is 2. The summed E-state index contributed by atoms with van der Waals surface area (Å²) in [6.45, 7) is 1.38. The van der Waals surface area contributed by atoms with E-state index in [-0.39, 0.29) is 18.3 Å². The molecule has 2 aromatic carbocycles. The number of phenolic OH excluding ortho intramolecular Hbond substituents is 1. The van der Waals surface area contributed by atoms with Crippen LogP contribution in [0.2, 0.25) is 5.02 Å². The second kappa shape index (κ2) is 7.53. The number of halogens is 1. The van der Waals surface area contributed by atoms with Crippen LogP contribution >= 0.6 is 11.6 Å². The number of ether oxygens (including phenoxy) is 2. The Hall–Kier alpha value is -2.60. The first-order valence-corrected chi connectivity index (χ1v) is 8.30. The van der Waals surface area contributed by atoms with Gasteiger partial charge in [-0.3, -0.25) is 0 Å². The molecule has 2 aromatic rings. The number of nitrogens with zero attached hydrogens (tertiary/aromatic N) is 1. The van der Waals surface area contributed by atoms with Crippen LogP contribution in [0.4, 0.5) is 10.5 Å². The Balaban J connectivity index is 1.72. The van der Waals surface area contributed by atoms with E-state index in [0.717, 1.165) is 6.42 Å². The fraction of sp³-hybridized carbons (Fsp3) is 0.278. The van der Waals surface area contributed by atoms with Crippen LogP contribution in [0.3, 0.4) is 0 Å². The van der Waals surface area contributed by atoms with Gasteiger partial charge in [-0.15, -0.1) is 0 Å². The number of carbonyl (C=O) groups excluding carboxylic acids is 1. The molecule has 2 N–H and O–H groups in total. The fourth-order valence-electron chi connectivity index (χ4n) is 2.46. The minimum atomic E-state index is -0.348. The molecule has 0 atom stereocenters. The third-order valence-corrected chi connectivity index (χ3v) is 4.14. The standard InChI is InChI=1S/C18H19ClN2O4/c1-21(11-12-5-2-3-6-15(12)22)18(23)20-14-10-17-16(9-13(14)19)24-7-4-8-25-17/h2-3,5-6,9-10,22H,4,7-8,11H2,1H3,(H,20,23). The second-order valence-electron chi connectivity index (χ2n) is 5.74. The normalized spacial score (nSPS) is 13.0. The number of carbonyl (C=O) groups is 1. The summed E-state index contributed by atoms with van der Waals surface area (Å²) in [6, 6.07) is 9.84. The van der Waals surface area contributed by atoms with Gasteiger partial charge < -0.3 is 24.8 Å². The summed E-state index contributed by atoms with van der Waals surface area (Å²) >= 11 is 6.24. The first-order valence-electron chi connectivity index (χ1n) is 7.92. The van der Waals surface area contributed by atoms with Crippen molar-refractivity contribution >= 4 is 23.3 Å². The lowest BCUT2D eigenvalue weighted by atomic mass is 10.2. The fourth-order valence-corrected chi connectivity index (χ4v) is 2.66. The summed E-state index contributed by atoms with van der Waals surface area (Å²) in [5, 5.41) is 13.0. The van der Waals surface area contributed by atoms with Crippen molar-refractivity contribution in [1.29, 1.82) is 0 Å². The molecule has 1 heterocycles. The first kappa shape index (κ1) is 17.2. The summed E-state index contributed by atoms with van der Waals surface area (Å²) in [5.74, 6) is 1.28. The zero-order valence-electron chi connectivity index (χ0n) is 13.8. The van der Waals surface area contributed by atoms with E-state index in [4.69, 9.17) is 21.1 Å². The average Bonchev–Trinajstić information content (AvgIpc) is 2.82. The highest BCUT2D eigenvalue weighted by molar-refractivity contribution is 6.34. The van der Waals surface area contributed by atoms with Crippen molar-refractivity contribution in [2.24, 2.45) is 0 Å². The predicted octanol–water partition coefficient (Wildman–Crippen LogP) is 3.87. The van der Waals surface area contributed by atoms with E-state index in [0.29, 0.717) is 41.0 Å². The van der Waals surface area contributed by atoms with Crippen LogP contribution in [-0.2, 0) is 6.54 Å². The van der Waals surface area contributed by atoms with E-state index >= 15 is 0 Å². The zero-order chi connectivity index (χ0) is 17.8. The highest BCUT2D eigenvalue weighted by Gasteiger charge is 2.17. The number of benzene rings is 2.